The number of carbonyl (C=O) groups is 4. The van der Waals surface area contributed by atoms with Gasteiger partial charge >= 0.3 is 24.1 Å². The summed E-state index contributed by atoms with van der Waals surface area (Å²) in [4.78, 5) is 88.0. The van der Waals surface area contributed by atoms with Crippen LogP contribution < -0.4 is 31.2 Å². The number of esters is 2. The molecule has 18 heteroatoms. The average molecular weight is 925 g/mol. The maximum atomic E-state index is 13.7. The van der Waals surface area contributed by atoms with E-state index in [4.69, 9.17) is 28.9 Å². The fourth-order valence-corrected chi connectivity index (χ4v) is 10.1. The number of ether oxygens (including phenoxy) is 4. The minimum atomic E-state index is -1.92. The van der Waals surface area contributed by atoms with Gasteiger partial charge < -0.3 is 48.9 Å². The molecule has 2 aromatic carbocycles. The summed E-state index contributed by atoms with van der Waals surface area (Å²) >= 11 is 0. The zero-order valence-corrected chi connectivity index (χ0v) is 37.9. The number of amides is 2. The molecule has 0 radical (unpaired) electrons. The van der Waals surface area contributed by atoms with Crippen molar-refractivity contribution in [2.45, 2.75) is 104 Å². The molecule has 350 valence electrons. The van der Waals surface area contributed by atoms with Crippen LogP contribution >= 0.6 is 0 Å². The Morgan fingerprint density at radius 1 is 0.632 bits per heavy atom. The third kappa shape index (κ3) is 6.91. The summed E-state index contributed by atoms with van der Waals surface area (Å²) in [7, 11) is 0. The average Bonchev–Trinajstić information content (AvgIpc) is 3.89. The molecule has 6 aromatic rings. The van der Waals surface area contributed by atoms with Crippen LogP contribution in [0.25, 0.3) is 44.6 Å². The van der Waals surface area contributed by atoms with Gasteiger partial charge in [-0.3, -0.25) is 9.59 Å². The van der Waals surface area contributed by atoms with E-state index in [0.717, 1.165) is 33.0 Å². The number of aromatic nitrogens is 4. The van der Waals surface area contributed by atoms with Crippen molar-refractivity contribution in [3.63, 3.8) is 0 Å². The number of rotatable bonds is 11. The number of pyridine rings is 4. The highest BCUT2D eigenvalue weighted by molar-refractivity contribution is 5.92. The van der Waals surface area contributed by atoms with E-state index >= 15 is 0 Å². The van der Waals surface area contributed by atoms with E-state index in [2.05, 4.69) is 10.6 Å². The van der Waals surface area contributed by atoms with Crippen LogP contribution in [0.4, 0.5) is 9.59 Å². The van der Waals surface area contributed by atoms with Crippen molar-refractivity contribution >= 4 is 45.9 Å². The summed E-state index contributed by atoms with van der Waals surface area (Å²) in [5, 5.41) is 29.5. The first kappa shape index (κ1) is 44.4. The van der Waals surface area contributed by atoms with Crippen LogP contribution in [0.1, 0.15) is 97.9 Å². The molecule has 4 aliphatic rings. The van der Waals surface area contributed by atoms with Crippen molar-refractivity contribution in [3.05, 3.63) is 114 Å². The van der Waals surface area contributed by atoms with Gasteiger partial charge in [-0.2, -0.15) is 0 Å². The summed E-state index contributed by atoms with van der Waals surface area (Å²) in [5.74, 6) is -0.949. The molecule has 2 unspecified atom stereocenters. The van der Waals surface area contributed by atoms with Crippen LogP contribution in [-0.4, -0.2) is 66.5 Å². The number of hydrogen-bond acceptors (Lipinski definition) is 14. The molecule has 8 heterocycles. The fourth-order valence-electron chi connectivity index (χ4n) is 10.1. The fraction of sp³-hybridized carbons (Fsp3) is 0.360. The minimum Gasteiger partial charge on any atom is -0.458 e. The van der Waals surface area contributed by atoms with Crippen LogP contribution in [0.5, 0.6) is 11.5 Å². The summed E-state index contributed by atoms with van der Waals surface area (Å²) in [5.41, 5.74) is 3.49. The monoisotopic (exact) mass is 924 g/mol. The van der Waals surface area contributed by atoms with Crippen molar-refractivity contribution in [2.24, 2.45) is 0 Å². The van der Waals surface area contributed by atoms with Gasteiger partial charge in [0.1, 0.15) is 24.7 Å². The molecule has 0 spiro atoms. The van der Waals surface area contributed by atoms with Crippen molar-refractivity contribution in [1.29, 1.82) is 0 Å². The third-order valence-electron chi connectivity index (χ3n) is 13.8. The standard InChI is InChI=1S/C50H48N6O12/c1-5-27-29-17-25(11-13-37(29)53-41-31(27)21-55-39(41)19-35-33(43(55)57)23-65-45(59)49(35,63)7-3)67-47(61)51-15-9-10-16-52-48(62)68-26-12-14-38-30(18-26)28(6-2)32-22-56-40(42(32)54-38)20-36-34(44(56)58)24-66-46(60)50(36,64)8-4/h11-14,17-20,63-64H,5-10,15-16,21-24H2,1-4H3,(H,51,61)(H,52,62). The lowest BCUT2D eigenvalue weighted by Gasteiger charge is -2.31. The van der Waals surface area contributed by atoms with Crippen molar-refractivity contribution in [2.75, 3.05) is 13.1 Å². The second-order valence-corrected chi connectivity index (χ2v) is 17.4. The number of hydrogen-bond donors (Lipinski definition) is 4. The van der Waals surface area contributed by atoms with Gasteiger partial charge in [-0.05, 0) is 98.2 Å². The van der Waals surface area contributed by atoms with Crippen LogP contribution in [0.15, 0.2) is 58.1 Å². The molecule has 68 heavy (non-hydrogen) atoms. The van der Waals surface area contributed by atoms with Crippen LogP contribution in [0, 0.1) is 0 Å². The molecule has 4 aromatic heterocycles. The number of benzene rings is 2. The molecular formula is C50H48N6O12. The van der Waals surface area contributed by atoms with Gasteiger partial charge in [0.25, 0.3) is 11.1 Å². The molecule has 10 rings (SSSR count). The predicted octanol–water partition coefficient (Wildman–Crippen LogP) is 5.25. The Labute approximate surface area is 387 Å². The van der Waals surface area contributed by atoms with Gasteiger partial charge in [0.05, 0.1) is 58.0 Å². The van der Waals surface area contributed by atoms with Gasteiger partial charge in [0.2, 0.25) is 0 Å². The first-order valence-electron chi connectivity index (χ1n) is 22.9. The second kappa shape index (κ2) is 16.7. The van der Waals surface area contributed by atoms with Gasteiger partial charge in [0.15, 0.2) is 11.2 Å². The lowest BCUT2D eigenvalue weighted by Crippen LogP contribution is -2.44. The highest BCUT2D eigenvalue weighted by Crippen LogP contribution is 2.43. The number of nitrogens with one attached hydrogen (secondary N) is 2. The molecule has 0 saturated heterocycles. The van der Waals surface area contributed by atoms with Crippen molar-refractivity contribution < 1.29 is 48.3 Å². The molecule has 0 bridgehead atoms. The zero-order valence-electron chi connectivity index (χ0n) is 37.9. The number of carbonyl (C=O) groups excluding carboxylic acids is 4. The quantitative estimate of drug-likeness (QED) is 0.0957. The number of aryl methyl sites for hydroxylation is 2. The molecule has 18 nitrogen and oxygen atoms in total. The maximum absolute atomic E-state index is 13.7. The number of unbranched alkanes of at least 4 members (excludes halogenated alkanes) is 1. The molecule has 4 N–H and O–H groups in total. The number of cyclic esters (lactones) is 2. The lowest BCUT2D eigenvalue weighted by molar-refractivity contribution is -0.172. The Bertz CT molecular complexity index is 3100. The van der Waals surface area contributed by atoms with Crippen molar-refractivity contribution in [1.82, 2.24) is 29.7 Å². The smallest absolute Gasteiger partial charge is 0.412 e. The van der Waals surface area contributed by atoms with Gasteiger partial charge in [-0.15, -0.1) is 0 Å². The SMILES string of the molecule is CCc1c2c(nc3ccc(OC(=O)NCCCCNC(=O)Oc4ccc5nc6c(c(CC)c5c4)Cn4c-6cc5c(c4=O)COC(=O)C5(O)CC)cc13)-c1cc3c(c(=O)n1C2)COC(=O)C3(O)CC. The normalized spacial score (nSPS) is 18.4. The summed E-state index contributed by atoms with van der Waals surface area (Å²) in [6.07, 6.45) is 1.05. The Hall–Kier alpha value is -7.44. The van der Waals surface area contributed by atoms with Crippen LogP contribution in [-0.2, 0) is 69.4 Å². The number of nitrogens with zero attached hydrogens (tertiary/aromatic N) is 4. The Morgan fingerprint density at radius 3 is 1.43 bits per heavy atom. The first-order valence-corrected chi connectivity index (χ1v) is 22.9. The lowest BCUT2D eigenvalue weighted by atomic mass is 9.86. The summed E-state index contributed by atoms with van der Waals surface area (Å²) in [6, 6.07) is 13.6. The molecule has 0 fully saturated rings. The van der Waals surface area contributed by atoms with E-state index in [1.807, 2.05) is 13.8 Å². The van der Waals surface area contributed by atoms with E-state index in [9.17, 15) is 39.0 Å². The van der Waals surface area contributed by atoms with Crippen molar-refractivity contribution in [3.8, 4) is 34.3 Å². The van der Waals surface area contributed by atoms with E-state index in [1.54, 1.807) is 71.5 Å². The van der Waals surface area contributed by atoms with Gasteiger partial charge in [-0.1, -0.05) is 27.7 Å². The molecule has 0 saturated carbocycles. The van der Waals surface area contributed by atoms with Crippen LogP contribution in [0.3, 0.4) is 0 Å². The molecule has 0 aliphatic carbocycles. The van der Waals surface area contributed by atoms with Gasteiger partial charge in [-0.25, -0.2) is 29.1 Å². The molecule has 4 aliphatic heterocycles. The zero-order chi connectivity index (χ0) is 47.8. The highest BCUT2D eigenvalue weighted by Gasteiger charge is 2.47. The first-order chi connectivity index (χ1) is 32.7. The number of aliphatic hydroxyl groups is 2. The Kier molecular flexibility index (Phi) is 10.9. The van der Waals surface area contributed by atoms with Crippen LogP contribution in [0.2, 0.25) is 0 Å². The van der Waals surface area contributed by atoms with E-state index in [1.165, 1.54) is 0 Å². The Morgan fingerprint density at radius 2 is 1.04 bits per heavy atom. The van der Waals surface area contributed by atoms with E-state index in [-0.39, 0.29) is 85.6 Å². The van der Waals surface area contributed by atoms with E-state index < -0.39 is 35.3 Å². The predicted molar refractivity (Wildman–Crippen MR) is 245 cm³/mol. The van der Waals surface area contributed by atoms with E-state index in [0.29, 0.717) is 71.0 Å². The van der Waals surface area contributed by atoms with Gasteiger partial charge in [0, 0.05) is 46.1 Å². The topological polar surface area (TPSA) is 239 Å². The summed E-state index contributed by atoms with van der Waals surface area (Å²) in [6.45, 7) is 7.94. The highest BCUT2D eigenvalue weighted by atomic mass is 16.6. The second-order valence-electron chi connectivity index (χ2n) is 17.4. The maximum Gasteiger partial charge on any atom is 0.412 e. The molecule has 2 atom stereocenters. The summed E-state index contributed by atoms with van der Waals surface area (Å²) < 4.78 is 24.9. The third-order valence-corrected chi connectivity index (χ3v) is 13.8. The Balaban J connectivity index is 0.743. The number of fused-ring (bicyclic) bond motifs is 10. The molecule has 2 amide bonds. The molecular weight excluding hydrogens is 877 g/mol. The minimum absolute atomic E-state index is 0.0462. The largest absolute Gasteiger partial charge is 0.458 e.